The summed E-state index contributed by atoms with van der Waals surface area (Å²) in [6, 6.07) is 8.08. The molecule has 1 aromatic carbocycles. The van der Waals surface area contributed by atoms with Gasteiger partial charge in [0.05, 0.1) is 11.4 Å². The van der Waals surface area contributed by atoms with Crippen molar-refractivity contribution in [1.82, 2.24) is 5.16 Å². The molecule has 0 aliphatic heterocycles. The van der Waals surface area contributed by atoms with E-state index in [-0.39, 0.29) is 0 Å². The second-order valence-corrected chi connectivity index (χ2v) is 6.04. The number of hydrogen-bond acceptors (Lipinski definition) is 3. The zero-order chi connectivity index (χ0) is 13.1. The molecule has 3 nitrogen and oxygen atoms in total. The van der Waals surface area contributed by atoms with E-state index < -0.39 is 10.8 Å². The van der Waals surface area contributed by atoms with Crippen LogP contribution in [0.4, 0.5) is 0 Å². The maximum absolute atomic E-state index is 12.1. The van der Waals surface area contributed by atoms with Gasteiger partial charge in [0.15, 0.2) is 0 Å². The Hall–Kier alpha value is -1.42. The first-order valence-corrected chi connectivity index (χ1v) is 7.36. The standard InChI is InChI=1S/C14H17NO2S/c1-10-4-5-11(2)13(6-10)8-18(16)9-14-7-12(3)17-15-14/h4-7H,8-9H2,1-3H3/t18-/m0/s1. The molecule has 0 aliphatic carbocycles. The lowest BCUT2D eigenvalue weighted by Crippen LogP contribution is -2.01. The molecular weight excluding hydrogens is 246 g/mol. The average Bonchev–Trinajstić information content (AvgIpc) is 2.69. The largest absolute Gasteiger partial charge is 0.361 e. The van der Waals surface area contributed by atoms with Crippen molar-refractivity contribution in [3.05, 3.63) is 52.4 Å². The van der Waals surface area contributed by atoms with Crippen LogP contribution in [-0.2, 0) is 22.3 Å². The highest BCUT2D eigenvalue weighted by Crippen LogP contribution is 2.15. The summed E-state index contributed by atoms with van der Waals surface area (Å²) in [6.07, 6.45) is 0. The molecule has 0 bridgehead atoms. The third kappa shape index (κ3) is 3.29. The van der Waals surface area contributed by atoms with Crippen molar-refractivity contribution in [2.24, 2.45) is 0 Å². The monoisotopic (exact) mass is 263 g/mol. The fraction of sp³-hybridized carbons (Fsp3) is 0.357. The zero-order valence-electron chi connectivity index (χ0n) is 10.9. The molecule has 0 saturated carbocycles. The molecule has 0 fully saturated rings. The SMILES string of the molecule is Cc1ccc(C)c(C[S@](=O)Cc2cc(C)on2)c1. The van der Waals surface area contributed by atoms with Crippen LogP contribution >= 0.6 is 0 Å². The number of rotatable bonds is 4. The fourth-order valence-corrected chi connectivity index (χ4v) is 3.06. The van der Waals surface area contributed by atoms with Gasteiger partial charge < -0.3 is 4.52 Å². The van der Waals surface area contributed by atoms with Gasteiger partial charge in [-0.2, -0.15) is 0 Å². The van der Waals surface area contributed by atoms with Crippen LogP contribution in [0.15, 0.2) is 28.8 Å². The van der Waals surface area contributed by atoms with Gasteiger partial charge in [-0.1, -0.05) is 28.9 Å². The van der Waals surface area contributed by atoms with Crippen molar-refractivity contribution in [3.8, 4) is 0 Å². The van der Waals surface area contributed by atoms with Crippen LogP contribution in [0.2, 0.25) is 0 Å². The highest BCUT2D eigenvalue weighted by molar-refractivity contribution is 7.83. The summed E-state index contributed by atoms with van der Waals surface area (Å²) >= 11 is 0. The first-order valence-electron chi connectivity index (χ1n) is 5.88. The van der Waals surface area contributed by atoms with Crippen LogP contribution in [0, 0.1) is 20.8 Å². The summed E-state index contributed by atoms with van der Waals surface area (Å²) < 4.78 is 17.1. The molecule has 0 radical (unpaired) electrons. The lowest BCUT2D eigenvalue weighted by atomic mass is 10.1. The molecule has 4 heteroatoms. The molecule has 0 unspecified atom stereocenters. The van der Waals surface area contributed by atoms with Gasteiger partial charge in [-0.3, -0.25) is 4.21 Å². The van der Waals surface area contributed by atoms with Crippen molar-refractivity contribution < 1.29 is 8.73 Å². The van der Waals surface area contributed by atoms with Gasteiger partial charge in [0.2, 0.25) is 0 Å². The third-order valence-electron chi connectivity index (χ3n) is 2.81. The number of hydrogen-bond donors (Lipinski definition) is 0. The minimum atomic E-state index is -0.950. The summed E-state index contributed by atoms with van der Waals surface area (Å²) in [5.41, 5.74) is 4.29. The summed E-state index contributed by atoms with van der Waals surface area (Å²) in [5.74, 6) is 1.78. The van der Waals surface area contributed by atoms with Crippen molar-refractivity contribution in [3.63, 3.8) is 0 Å². The molecule has 96 valence electrons. The Morgan fingerprint density at radius 1 is 1.17 bits per heavy atom. The molecule has 0 spiro atoms. The van der Waals surface area contributed by atoms with E-state index in [4.69, 9.17) is 4.52 Å². The molecule has 0 amide bonds. The van der Waals surface area contributed by atoms with E-state index in [0.29, 0.717) is 11.5 Å². The lowest BCUT2D eigenvalue weighted by molar-refractivity contribution is 0.392. The Labute approximate surface area is 110 Å². The smallest absolute Gasteiger partial charge is 0.133 e. The van der Waals surface area contributed by atoms with Crippen LogP contribution in [0.3, 0.4) is 0 Å². The van der Waals surface area contributed by atoms with Crippen LogP contribution in [0.1, 0.15) is 28.1 Å². The van der Waals surface area contributed by atoms with Gasteiger partial charge in [0.25, 0.3) is 0 Å². The normalized spacial score (nSPS) is 12.6. The summed E-state index contributed by atoms with van der Waals surface area (Å²) in [7, 11) is -0.950. The van der Waals surface area contributed by atoms with Gasteiger partial charge in [-0.05, 0) is 31.9 Å². The van der Waals surface area contributed by atoms with E-state index in [1.165, 1.54) is 11.1 Å². The maximum atomic E-state index is 12.1. The van der Waals surface area contributed by atoms with E-state index >= 15 is 0 Å². The number of nitrogens with zero attached hydrogens (tertiary/aromatic N) is 1. The van der Waals surface area contributed by atoms with Crippen molar-refractivity contribution >= 4 is 10.8 Å². The van der Waals surface area contributed by atoms with Crippen LogP contribution in [-0.4, -0.2) is 9.37 Å². The maximum Gasteiger partial charge on any atom is 0.133 e. The Morgan fingerprint density at radius 2 is 1.94 bits per heavy atom. The number of aryl methyl sites for hydroxylation is 3. The first kappa shape index (κ1) is 13.0. The second kappa shape index (κ2) is 5.48. The minimum absolute atomic E-state index is 0.449. The quantitative estimate of drug-likeness (QED) is 0.851. The third-order valence-corrected chi connectivity index (χ3v) is 4.06. The van der Waals surface area contributed by atoms with Crippen molar-refractivity contribution in [2.75, 3.05) is 0 Å². The van der Waals surface area contributed by atoms with E-state index in [0.717, 1.165) is 17.0 Å². The van der Waals surface area contributed by atoms with Crippen LogP contribution in [0.5, 0.6) is 0 Å². The molecule has 0 saturated heterocycles. The lowest BCUT2D eigenvalue weighted by Gasteiger charge is -2.06. The summed E-state index contributed by atoms with van der Waals surface area (Å²) in [5, 5.41) is 3.87. The van der Waals surface area contributed by atoms with Crippen molar-refractivity contribution in [2.45, 2.75) is 32.3 Å². The van der Waals surface area contributed by atoms with E-state index in [9.17, 15) is 4.21 Å². The second-order valence-electron chi connectivity index (χ2n) is 4.59. The number of benzene rings is 1. The molecule has 0 N–H and O–H groups in total. The molecular formula is C14H17NO2S. The summed E-state index contributed by atoms with van der Waals surface area (Å²) in [6.45, 7) is 5.93. The highest BCUT2D eigenvalue weighted by atomic mass is 32.2. The van der Waals surface area contributed by atoms with Crippen LogP contribution in [0.25, 0.3) is 0 Å². The van der Waals surface area contributed by atoms with Crippen molar-refractivity contribution in [1.29, 1.82) is 0 Å². The van der Waals surface area contributed by atoms with Gasteiger partial charge in [-0.15, -0.1) is 0 Å². The van der Waals surface area contributed by atoms with Crippen LogP contribution < -0.4 is 0 Å². The zero-order valence-corrected chi connectivity index (χ0v) is 11.7. The van der Waals surface area contributed by atoms with Gasteiger partial charge in [-0.25, -0.2) is 0 Å². The van der Waals surface area contributed by atoms with Gasteiger partial charge in [0, 0.05) is 22.6 Å². The molecule has 2 rings (SSSR count). The minimum Gasteiger partial charge on any atom is -0.361 e. The van der Waals surface area contributed by atoms with E-state index in [1.54, 1.807) is 0 Å². The highest BCUT2D eigenvalue weighted by Gasteiger charge is 2.09. The molecule has 18 heavy (non-hydrogen) atoms. The Balaban J connectivity index is 2.05. The molecule has 0 aliphatic rings. The van der Waals surface area contributed by atoms with E-state index in [2.05, 4.69) is 23.4 Å². The number of aromatic nitrogens is 1. The Bertz CT molecular complexity index is 575. The summed E-state index contributed by atoms with van der Waals surface area (Å²) in [4.78, 5) is 0. The van der Waals surface area contributed by atoms with Gasteiger partial charge >= 0.3 is 0 Å². The predicted molar refractivity (Wildman–Crippen MR) is 72.7 cm³/mol. The Morgan fingerprint density at radius 3 is 2.61 bits per heavy atom. The molecule has 1 heterocycles. The molecule has 2 aromatic rings. The first-order chi connectivity index (χ1) is 8.54. The molecule has 1 atom stereocenters. The van der Waals surface area contributed by atoms with E-state index in [1.807, 2.05) is 26.8 Å². The Kier molecular flexibility index (Phi) is 3.97. The molecule has 1 aromatic heterocycles. The average molecular weight is 263 g/mol. The van der Waals surface area contributed by atoms with Gasteiger partial charge in [0.1, 0.15) is 5.76 Å². The predicted octanol–water partition coefficient (Wildman–Crippen LogP) is 3.05. The topological polar surface area (TPSA) is 43.1 Å². The fourth-order valence-electron chi connectivity index (χ4n) is 1.83.